The maximum atomic E-state index is 12.6. The van der Waals surface area contributed by atoms with Gasteiger partial charge in [-0.2, -0.15) is 0 Å². The van der Waals surface area contributed by atoms with Gasteiger partial charge < -0.3 is 19.0 Å². The summed E-state index contributed by atoms with van der Waals surface area (Å²) in [4.78, 5) is 16.6. The van der Waals surface area contributed by atoms with Crippen LogP contribution in [0.15, 0.2) is 28.7 Å². The van der Waals surface area contributed by atoms with Crippen LogP contribution in [0.2, 0.25) is 0 Å². The van der Waals surface area contributed by atoms with Crippen molar-refractivity contribution in [2.24, 2.45) is 0 Å². The average molecular weight is 274 g/mol. The first-order valence-electron chi connectivity index (χ1n) is 6.74. The van der Waals surface area contributed by atoms with E-state index in [2.05, 4.69) is 11.9 Å². The Hall–Kier alpha value is -2.01. The molecule has 1 amide bonds. The minimum atomic E-state index is -0.0915. The van der Waals surface area contributed by atoms with E-state index >= 15 is 0 Å². The molecular formula is C15H18N2O3. The van der Waals surface area contributed by atoms with Crippen molar-refractivity contribution in [2.75, 3.05) is 40.3 Å². The molecule has 0 saturated carbocycles. The number of carbonyl (C=O) groups is 1. The number of hydrogen-bond donors (Lipinski definition) is 0. The molecule has 1 aliphatic heterocycles. The van der Waals surface area contributed by atoms with Crippen molar-refractivity contribution in [2.45, 2.75) is 0 Å². The first-order valence-corrected chi connectivity index (χ1v) is 6.74. The SMILES string of the molecule is COc1c(C(=O)N2CCN(C)CC2)oc2ccccc12. The second-order valence-corrected chi connectivity index (χ2v) is 5.06. The van der Waals surface area contributed by atoms with Gasteiger partial charge in [-0.1, -0.05) is 12.1 Å². The monoisotopic (exact) mass is 274 g/mol. The van der Waals surface area contributed by atoms with Gasteiger partial charge in [0.25, 0.3) is 5.91 Å². The van der Waals surface area contributed by atoms with Crippen LogP contribution < -0.4 is 4.74 Å². The van der Waals surface area contributed by atoms with Gasteiger partial charge in [-0.05, 0) is 19.2 Å². The van der Waals surface area contributed by atoms with E-state index in [1.54, 1.807) is 7.11 Å². The third-order valence-corrected chi connectivity index (χ3v) is 3.74. The maximum Gasteiger partial charge on any atom is 0.293 e. The Labute approximate surface area is 117 Å². The molecule has 1 fully saturated rings. The molecule has 20 heavy (non-hydrogen) atoms. The van der Waals surface area contributed by atoms with Gasteiger partial charge in [-0.25, -0.2) is 0 Å². The number of amides is 1. The molecule has 0 radical (unpaired) electrons. The number of methoxy groups -OCH3 is 1. The summed E-state index contributed by atoms with van der Waals surface area (Å²) in [6.07, 6.45) is 0. The Morgan fingerprint density at radius 3 is 2.60 bits per heavy atom. The van der Waals surface area contributed by atoms with Crippen LogP contribution in [0.3, 0.4) is 0 Å². The molecule has 0 spiro atoms. The molecule has 106 valence electrons. The van der Waals surface area contributed by atoms with E-state index in [-0.39, 0.29) is 5.91 Å². The van der Waals surface area contributed by atoms with E-state index < -0.39 is 0 Å². The normalized spacial score (nSPS) is 16.6. The number of likely N-dealkylation sites (N-methyl/N-ethyl adjacent to an activating group) is 1. The molecule has 0 aliphatic carbocycles. The van der Waals surface area contributed by atoms with Crippen molar-refractivity contribution >= 4 is 16.9 Å². The lowest BCUT2D eigenvalue weighted by Crippen LogP contribution is -2.47. The van der Waals surface area contributed by atoms with E-state index in [9.17, 15) is 4.79 Å². The molecule has 0 unspecified atom stereocenters. The van der Waals surface area contributed by atoms with Crippen molar-refractivity contribution in [3.8, 4) is 5.75 Å². The molecule has 0 bridgehead atoms. The number of furan rings is 1. The zero-order valence-corrected chi connectivity index (χ0v) is 11.8. The van der Waals surface area contributed by atoms with E-state index in [1.165, 1.54) is 0 Å². The lowest BCUT2D eigenvalue weighted by molar-refractivity contribution is 0.0630. The molecule has 3 rings (SSSR count). The molecule has 1 aromatic heterocycles. The maximum absolute atomic E-state index is 12.6. The average Bonchev–Trinajstić information content (AvgIpc) is 2.85. The third-order valence-electron chi connectivity index (χ3n) is 3.74. The van der Waals surface area contributed by atoms with Crippen molar-refractivity contribution in [1.29, 1.82) is 0 Å². The van der Waals surface area contributed by atoms with Gasteiger partial charge in [0.2, 0.25) is 5.76 Å². The van der Waals surface area contributed by atoms with Crippen LogP contribution in [0.1, 0.15) is 10.6 Å². The largest absolute Gasteiger partial charge is 0.492 e. The van der Waals surface area contributed by atoms with E-state index in [4.69, 9.17) is 9.15 Å². The van der Waals surface area contributed by atoms with Gasteiger partial charge in [0, 0.05) is 26.2 Å². The smallest absolute Gasteiger partial charge is 0.293 e. The third kappa shape index (κ3) is 2.14. The fourth-order valence-corrected chi connectivity index (χ4v) is 2.52. The number of piperazine rings is 1. The van der Waals surface area contributed by atoms with Crippen LogP contribution >= 0.6 is 0 Å². The standard InChI is InChI=1S/C15H18N2O3/c1-16-7-9-17(10-8-16)15(18)14-13(19-2)11-5-3-4-6-12(11)20-14/h3-6H,7-10H2,1-2H3. The highest BCUT2D eigenvalue weighted by atomic mass is 16.5. The van der Waals surface area contributed by atoms with Gasteiger partial charge >= 0.3 is 0 Å². The van der Waals surface area contributed by atoms with Crippen LogP contribution in [0.5, 0.6) is 5.75 Å². The Morgan fingerprint density at radius 1 is 1.20 bits per heavy atom. The zero-order valence-electron chi connectivity index (χ0n) is 11.8. The van der Waals surface area contributed by atoms with Crippen LogP contribution in [0, 0.1) is 0 Å². The number of rotatable bonds is 2. The molecule has 1 aromatic carbocycles. The predicted octanol–water partition coefficient (Wildman–Crippen LogP) is 1.83. The number of carbonyl (C=O) groups excluding carboxylic acids is 1. The Bertz CT molecular complexity index is 627. The number of nitrogens with zero attached hydrogens (tertiary/aromatic N) is 2. The minimum absolute atomic E-state index is 0.0915. The summed E-state index contributed by atoms with van der Waals surface area (Å²) in [7, 11) is 3.63. The highest BCUT2D eigenvalue weighted by molar-refractivity contribution is 6.01. The predicted molar refractivity (Wildman–Crippen MR) is 76.2 cm³/mol. The lowest BCUT2D eigenvalue weighted by Gasteiger charge is -2.31. The van der Waals surface area contributed by atoms with Crippen LogP contribution in [-0.2, 0) is 0 Å². The van der Waals surface area contributed by atoms with Gasteiger partial charge in [-0.15, -0.1) is 0 Å². The summed E-state index contributed by atoms with van der Waals surface area (Å²) >= 11 is 0. The number of fused-ring (bicyclic) bond motifs is 1. The molecule has 1 saturated heterocycles. The quantitative estimate of drug-likeness (QED) is 0.838. The molecule has 5 nitrogen and oxygen atoms in total. The number of ether oxygens (including phenoxy) is 1. The van der Waals surface area contributed by atoms with E-state index in [0.717, 1.165) is 31.6 Å². The molecule has 0 atom stereocenters. The summed E-state index contributed by atoms with van der Waals surface area (Å²) in [5.74, 6) is 0.744. The second kappa shape index (κ2) is 5.17. The van der Waals surface area contributed by atoms with Crippen LogP contribution in [0.4, 0.5) is 0 Å². The minimum Gasteiger partial charge on any atom is -0.492 e. The Morgan fingerprint density at radius 2 is 1.90 bits per heavy atom. The van der Waals surface area contributed by atoms with Crippen LogP contribution in [0.25, 0.3) is 11.0 Å². The number of benzene rings is 1. The summed E-state index contributed by atoms with van der Waals surface area (Å²) in [5, 5.41) is 0.840. The highest BCUT2D eigenvalue weighted by Crippen LogP contribution is 2.33. The molecule has 2 aromatic rings. The molecular weight excluding hydrogens is 256 g/mol. The van der Waals surface area contributed by atoms with Crippen molar-refractivity contribution in [3.05, 3.63) is 30.0 Å². The summed E-state index contributed by atoms with van der Waals surface area (Å²) in [6, 6.07) is 7.54. The highest BCUT2D eigenvalue weighted by Gasteiger charge is 2.27. The number of hydrogen-bond acceptors (Lipinski definition) is 4. The fourth-order valence-electron chi connectivity index (χ4n) is 2.52. The summed E-state index contributed by atoms with van der Waals surface area (Å²) in [6.45, 7) is 3.20. The van der Waals surface area contributed by atoms with Crippen LogP contribution in [-0.4, -0.2) is 56.0 Å². The second-order valence-electron chi connectivity index (χ2n) is 5.06. The fraction of sp³-hybridized carbons (Fsp3) is 0.400. The van der Waals surface area contributed by atoms with Gasteiger partial charge in [0.05, 0.1) is 12.5 Å². The van der Waals surface area contributed by atoms with Crippen molar-refractivity contribution in [3.63, 3.8) is 0 Å². The van der Waals surface area contributed by atoms with Gasteiger partial charge in [0.1, 0.15) is 5.58 Å². The van der Waals surface area contributed by atoms with E-state index in [1.807, 2.05) is 29.2 Å². The summed E-state index contributed by atoms with van der Waals surface area (Å²) < 4.78 is 11.1. The first-order chi connectivity index (χ1) is 9.70. The molecule has 1 aliphatic rings. The lowest BCUT2D eigenvalue weighted by atomic mass is 10.2. The van der Waals surface area contributed by atoms with Crippen molar-refractivity contribution < 1.29 is 13.9 Å². The Balaban J connectivity index is 1.95. The first kappa shape index (κ1) is 13.0. The van der Waals surface area contributed by atoms with Crippen molar-refractivity contribution in [1.82, 2.24) is 9.80 Å². The van der Waals surface area contributed by atoms with E-state index in [0.29, 0.717) is 17.1 Å². The Kier molecular flexibility index (Phi) is 3.36. The number of para-hydroxylation sites is 1. The van der Waals surface area contributed by atoms with Gasteiger partial charge in [-0.3, -0.25) is 4.79 Å². The topological polar surface area (TPSA) is 45.9 Å². The molecule has 2 heterocycles. The summed E-state index contributed by atoms with van der Waals surface area (Å²) in [5.41, 5.74) is 0.682. The van der Waals surface area contributed by atoms with Gasteiger partial charge in [0.15, 0.2) is 5.75 Å². The molecule has 5 heteroatoms. The molecule has 0 N–H and O–H groups in total. The zero-order chi connectivity index (χ0) is 14.1.